The third-order valence-electron chi connectivity index (χ3n) is 7.31. The largest absolute Gasteiger partial charge is 0.496 e. The van der Waals surface area contributed by atoms with Gasteiger partial charge in [0.1, 0.15) is 35.7 Å². The lowest BCUT2D eigenvalue weighted by Crippen LogP contribution is -2.56. The lowest BCUT2D eigenvalue weighted by molar-refractivity contribution is -0.142. The van der Waals surface area contributed by atoms with Gasteiger partial charge < -0.3 is 35.1 Å². The summed E-state index contributed by atoms with van der Waals surface area (Å²) in [6.45, 7) is 4.91. The van der Waals surface area contributed by atoms with Crippen LogP contribution in [0.5, 0.6) is 11.5 Å². The number of carbonyl (C=O) groups is 5. The van der Waals surface area contributed by atoms with Crippen LogP contribution in [-0.4, -0.2) is 82.3 Å². The first-order valence-corrected chi connectivity index (χ1v) is 14.0. The van der Waals surface area contributed by atoms with E-state index in [0.717, 1.165) is 0 Å². The van der Waals surface area contributed by atoms with Crippen LogP contribution >= 0.6 is 0 Å². The molecule has 3 amide bonds. The number of carboxylic acid groups (broad SMARTS) is 1. The zero-order chi connectivity index (χ0) is 31.3. The Kier molecular flexibility index (Phi) is 9.69. The monoisotopic (exact) mass is 592 g/mol. The van der Waals surface area contributed by atoms with E-state index in [1.165, 1.54) is 18.9 Å². The normalized spacial score (nSPS) is 17.7. The number of aromatic nitrogens is 1. The van der Waals surface area contributed by atoms with E-state index in [1.807, 2.05) is 6.07 Å². The molecule has 0 aliphatic carbocycles. The Morgan fingerprint density at radius 2 is 1.77 bits per heavy atom. The van der Waals surface area contributed by atoms with Crippen LogP contribution in [0.2, 0.25) is 0 Å². The molecule has 43 heavy (non-hydrogen) atoms. The number of rotatable bonds is 12. The number of aromatic amines is 1. The van der Waals surface area contributed by atoms with Gasteiger partial charge in [0.05, 0.1) is 25.8 Å². The van der Waals surface area contributed by atoms with Gasteiger partial charge in [0.25, 0.3) is 0 Å². The van der Waals surface area contributed by atoms with Crippen LogP contribution in [0, 0.1) is 5.92 Å². The minimum absolute atomic E-state index is 0.0496. The number of fused-ring (bicyclic) bond motifs is 1. The molecule has 12 nitrogen and oxygen atoms in total. The van der Waals surface area contributed by atoms with Crippen LogP contribution in [0.15, 0.2) is 54.6 Å². The second-order valence-corrected chi connectivity index (χ2v) is 10.8. The zero-order valence-corrected chi connectivity index (χ0v) is 24.5. The van der Waals surface area contributed by atoms with Gasteiger partial charge >= 0.3 is 5.97 Å². The Hall–Kier alpha value is -4.87. The Balaban J connectivity index is 1.61. The van der Waals surface area contributed by atoms with Crippen LogP contribution in [-0.2, 0) is 19.2 Å². The van der Waals surface area contributed by atoms with Crippen LogP contribution in [0.4, 0.5) is 0 Å². The number of Topliss-reactive ketones (excluding diaryl/α,β-unsaturated/α-hetero) is 1. The quantitative estimate of drug-likeness (QED) is 0.233. The molecular formula is C31H36N4O8. The lowest BCUT2D eigenvalue weighted by Gasteiger charge is -2.30. The number of carbonyl (C=O) groups excluding carboxylic acids is 4. The molecular weight excluding hydrogens is 556 g/mol. The lowest BCUT2D eigenvalue weighted by atomic mass is 10.0. The summed E-state index contributed by atoms with van der Waals surface area (Å²) >= 11 is 0. The van der Waals surface area contributed by atoms with E-state index in [0.29, 0.717) is 22.4 Å². The molecule has 4 N–H and O–H groups in total. The summed E-state index contributed by atoms with van der Waals surface area (Å²) in [4.78, 5) is 68.9. The summed E-state index contributed by atoms with van der Waals surface area (Å²) in [7, 11) is 1.50. The predicted octanol–water partition coefficient (Wildman–Crippen LogP) is 2.53. The summed E-state index contributed by atoms with van der Waals surface area (Å²) < 4.78 is 11.4. The molecule has 0 unspecified atom stereocenters. The van der Waals surface area contributed by atoms with Crippen molar-refractivity contribution in [2.75, 3.05) is 13.7 Å². The number of para-hydroxylation sites is 1. The molecule has 0 saturated carbocycles. The molecule has 4 rings (SSSR count). The predicted molar refractivity (Wildman–Crippen MR) is 157 cm³/mol. The molecule has 2 aromatic carbocycles. The molecule has 1 aliphatic heterocycles. The van der Waals surface area contributed by atoms with E-state index in [9.17, 15) is 29.1 Å². The summed E-state index contributed by atoms with van der Waals surface area (Å²) in [6.07, 6.45) is -1.15. The summed E-state index contributed by atoms with van der Waals surface area (Å²) in [5.74, 6) is -2.71. The number of methoxy groups -OCH3 is 1. The standard InChI is InChI=1S/C31H36N4O8/c1-17(2)28(32-18(3)36)31(41)35-16-20(43-19-9-6-5-7-10-19)13-25(35)30(40)34-24(15-27(37)38)29(39)23-14-21-22(33-23)11-8-12-26(21)42-4/h5-12,14,17,20,24-25,28,33H,13,15-16H2,1-4H3,(H,32,36)(H,34,40)(H,37,38)/t20-,24+,25+,28+/m1/s1. The molecule has 1 saturated heterocycles. The van der Waals surface area contributed by atoms with Gasteiger partial charge in [-0.1, -0.05) is 38.1 Å². The first kappa shape index (κ1) is 31.1. The summed E-state index contributed by atoms with van der Waals surface area (Å²) in [6, 6.07) is 12.3. The first-order chi connectivity index (χ1) is 20.5. The van der Waals surface area contributed by atoms with Gasteiger partial charge in [-0.25, -0.2) is 0 Å². The van der Waals surface area contributed by atoms with E-state index >= 15 is 0 Å². The van der Waals surface area contributed by atoms with Crippen molar-refractivity contribution >= 4 is 40.4 Å². The van der Waals surface area contributed by atoms with Crippen molar-refractivity contribution in [3.63, 3.8) is 0 Å². The number of hydrogen-bond donors (Lipinski definition) is 4. The molecule has 0 spiro atoms. The Morgan fingerprint density at radius 3 is 2.40 bits per heavy atom. The fourth-order valence-corrected chi connectivity index (χ4v) is 5.26. The summed E-state index contributed by atoms with van der Waals surface area (Å²) in [5, 5.41) is 15.5. The number of amides is 3. The van der Waals surface area contributed by atoms with Crippen molar-refractivity contribution in [1.29, 1.82) is 0 Å². The van der Waals surface area contributed by atoms with Gasteiger partial charge in [0.2, 0.25) is 23.5 Å². The van der Waals surface area contributed by atoms with Crippen LogP contribution < -0.4 is 20.1 Å². The van der Waals surface area contributed by atoms with Gasteiger partial charge in [-0.15, -0.1) is 0 Å². The SMILES string of the molecule is COc1cccc2[nH]c(C(=O)[C@H](CC(=O)O)NC(=O)[C@@H]3C[C@@H](Oc4ccccc4)CN3C(=O)[C@@H](NC(C)=O)C(C)C)cc12. The number of hydrogen-bond acceptors (Lipinski definition) is 7. The number of aliphatic carboxylic acids is 1. The number of carboxylic acids is 1. The van der Waals surface area contributed by atoms with Crippen molar-refractivity contribution < 1.29 is 38.6 Å². The number of nitrogens with zero attached hydrogens (tertiary/aromatic N) is 1. The minimum Gasteiger partial charge on any atom is -0.496 e. The molecule has 2 heterocycles. The van der Waals surface area contributed by atoms with Crippen LogP contribution in [0.25, 0.3) is 10.9 Å². The van der Waals surface area contributed by atoms with E-state index in [4.69, 9.17) is 9.47 Å². The van der Waals surface area contributed by atoms with Crippen molar-refractivity contribution in [3.05, 3.63) is 60.3 Å². The number of H-pyrrole nitrogens is 1. The van der Waals surface area contributed by atoms with E-state index in [2.05, 4.69) is 15.6 Å². The molecule has 12 heteroatoms. The number of ketones is 1. The second-order valence-electron chi connectivity index (χ2n) is 10.8. The fourth-order valence-electron chi connectivity index (χ4n) is 5.26. The number of benzene rings is 2. The zero-order valence-electron chi connectivity index (χ0n) is 24.5. The molecule has 1 fully saturated rings. The van der Waals surface area contributed by atoms with Gasteiger partial charge in [-0.05, 0) is 36.2 Å². The average molecular weight is 593 g/mol. The fraction of sp³-hybridized carbons (Fsp3) is 0.387. The highest BCUT2D eigenvalue weighted by molar-refractivity contribution is 6.06. The number of likely N-dealkylation sites (tertiary alicyclic amines) is 1. The average Bonchev–Trinajstić information content (AvgIpc) is 3.59. The molecule has 4 atom stereocenters. The van der Waals surface area contributed by atoms with Crippen molar-refractivity contribution in [2.45, 2.75) is 57.8 Å². The highest BCUT2D eigenvalue weighted by atomic mass is 16.5. The first-order valence-electron chi connectivity index (χ1n) is 14.0. The molecule has 1 aromatic heterocycles. The topological polar surface area (TPSA) is 167 Å². The maximum atomic E-state index is 13.7. The van der Waals surface area contributed by atoms with Gasteiger partial charge in [0, 0.05) is 24.2 Å². The Morgan fingerprint density at radius 1 is 1.05 bits per heavy atom. The smallest absolute Gasteiger partial charge is 0.305 e. The van der Waals surface area contributed by atoms with E-state index in [1.54, 1.807) is 62.4 Å². The third kappa shape index (κ3) is 7.32. The molecule has 0 bridgehead atoms. The van der Waals surface area contributed by atoms with Crippen LogP contribution in [0.1, 0.15) is 44.1 Å². The molecule has 3 aromatic rings. The van der Waals surface area contributed by atoms with E-state index in [-0.39, 0.29) is 24.6 Å². The Bertz CT molecular complexity index is 1500. The van der Waals surface area contributed by atoms with E-state index < -0.39 is 60.1 Å². The molecule has 0 radical (unpaired) electrons. The molecule has 228 valence electrons. The van der Waals surface area contributed by atoms with Crippen molar-refractivity contribution in [2.24, 2.45) is 5.92 Å². The number of nitrogens with one attached hydrogen (secondary N) is 3. The molecule has 1 aliphatic rings. The minimum atomic E-state index is -1.42. The van der Waals surface area contributed by atoms with Gasteiger partial charge in [-0.3, -0.25) is 24.0 Å². The maximum Gasteiger partial charge on any atom is 0.305 e. The Labute approximate surface area is 248 Å². The highest BCUT2D eigenvalue weighted by Crippen LogP contribution is 2.28. The van der Waals surface area contributed by atoms with Crippen molar-refractivity contribution in [1.82, 2.24) is 20.5 Å². The van der Waals surface area contributed by atoms with Gasteiger partial charge in [0.15, 0.2) is 0 Å². The number of ether oxygens (including phenoxy) is 2. The summed E-state index contributed by atoms with van der Waals surface area (Å²) in [5.41, 5.74) is 0.704. The highest BCUT2D eigenvalue weighted by Gasteiger charge is 2.44. The maximum absolute atomic E-state index is 13.7. The van der Waals surface area contributed by atoms with Gasteiger partial charge in [-0.2, -0.15) is 0 Å². The third-order valence-corrected chi connectivity index (χ3v) is 7.31. The van der Waals surface area contributed by atoms with Crippen molar-refractivity contribution in [3.8, 4) is 11.5 Å². The van der Waals surface area contributed by atoms with Crippen LogP contribution in [0.3, 0.4) is 0 Å². The second kappa shape index (κ2) is 13.4.